The third kappa shape index (κ3) is 5.69. The highest BCUT2D eigenvalue weighted by atomic mass is 35.5. The van der Waals surface area contributed by atoms with Gasteiger partial charge in [0.05, 0.1) is 17.2 Å². The number of aromatic nitrogens is 1. The van der Waals surface area contributed by atoms with Crippen LogP contribution in [0.5, 0.6) is 5.75 Å². The number of hydrogen-bond acceptors (Lipinski definition) is 5. The topological polar surface area (TPSA) is 88.5 Å². The molecule has 8 heteroatoms. The number of benzene rings is 1. The molecule has 2 aromatic rings. The summed E-state index contributed by atoms with van der Waals surface area (Å²) in [6.07, 6.45) is 2.01. The van der Waals surface area contributed by atoms with Gasteiger partial charge >= 0.3 is 0 Å². The lowest BCUT2D eigenvalue weighted by Gasteiger charge is -2.24. The van der Waals surface area contributed by atoms with E-state index in [9.17, 15) is 14.7 Å². The fourth-order valence-corrected chi connectivity index (χ4v) is 3.61. The smallest absolute Gasteiger partial charge is 0.221 e. The van der Waals surface area contributed by atoms with Gasteiger partial charge in [-0.2, -0.15) is 0 Å². The highest BCUT2D eigenvalue weighted by Gasteiger charge is 2.32. The molecule has 1 aromatic heterocycles. The fraction of sp³-hybridized carbons (Fsp3) is 0.381. The van der Waals surface area contributed by atoms with Gasteiger partial charge in [0.15, 0.2) is 5.78 Å². The van der Waals surface area contributed by atoms with Gasteiger partial charge < -0.3 is 15.2 Å². The second-order valence-corrected chi connectivity index (χ2v) is 8.56. The number of halogens is 2. The second-order valence-electron chi connectivity index (χ2n) is 7.69. The van der Waals surface area contributed by atoms with E-state index >= 15 is 0 Å². The van der Waals surface area contributed by atoms with E-state index in [1.54, 1.807) is 44.3 Å². The predicted molar refractivity (Wildman–Crippen MR) is 111 cm³/mol. The molecule has 0 saturated carbocycles. The minimum Gasteiger partial charge on any atom is -0.484 e. The molecule has 1 aliphatic rings. The molecule has 0 bridgehead atoms. The number of rotatable bonds is 6. The zero-order valence-corrected chi connectivity index (χ0v) is 17.7. The quantitative estimate of drug-likeness (QED) is 0.719. The van der Waals surface area contributed by atoms with E-state index in [4.69, 9.17) is 27.9 Å². The first-order chi connectivity index (χ1) is 13.6. The molecule has 0 spiro atoms. The van der Waals surface area contributed by atoms with Gasteiger partial charge in [-0.3, -0.25) is 14.6 Å². The number of nitrogens with one attached hydrogen (secondary N) is 1. The minimum atomic E-state index is -0.866. The Morgan fingerprint density at radius 1 is 1.24 bits per heavy atom. The van der Waals surface area contributed by atoms with Crippen molar-refractivity contribution in [1.29, 1.82) is 0 Å². The largest absolute Gasteiger partial charge is 0.484 e. The van der Waals surface area contributed by atoms with Crippen molar-refractivity contribution >= 4 is 34.9 Å². The van der Waals surface area contributed by atoms with Crippen molar-refractivity contribution in [3.63, 3.8) is 0 Å². The van der Waals surface area contributed by atoms with Crippen LogP contribution in [0.4, 0.5) is 0 Å². The molecule has 2 N–H and O–H groups in total. The fourth-order valence-electron chi connectivity index (χ4n) is 3.09. The Labute approximate surface area is 179 Å². The maximum Gasteiger partial charge on any atom is 0.221 e. The number of Topliss-reactive ketones (excluding diaryl/α,β-unsaturated/α-hetero) is 1. The molecule has 0 aliphatic carbocycles. The molecule has 1 aliphatic heterocycles. The molecule has 0 saturated heterocycles. The molecular formula is C21H22Cl2N2O4. The SMILES string of the molecule is CC(C)(O)CCNC(=O)CC1C(=O)COc2cc(-c3cc(Cl)cc(Cl)c3)cnc21. The Hall–Kier alpha value is -2.15. The van der Waals surface area contributed by atoms with Gasteiger partial charge in [-0.05, 0) is 50.1 Å². The normalized spacial score (nSPS) is 16.2. The van der Waals surface area contributed by atoms with Crippen molar-refractivity contribution in [1.82, 2.24) is 10.3 Å². The van der Waals surface area contributed by atoms with Crippen LogP contribution in [0, 0.1) is 0 Å². The Balaban J connectivity index is 1.77. The van der Waals surface area contributed by atoms with Crippen molar-refractivity contribution in [2.45, 2.75) is 38.2 Å². The summed E-state index contributed by atoms with van der Waals surface area (Å²) in [4.78, 5) is 29.0. The van der Waals surface area contributed by atoms with Crippen LogP contribution in [0.1, 0.15) is 38.3 Å². The number of ether oxygens (including phenoxy) is 1. The summed E-state index contributed by atoms with van der Waals surface area (Å²) in [7, 11) is 0. The van der Waals surface area contributed by atoms with E-state index in [1.165, 1.54) is 0 Å². The number of pyridine rings is 1. The summed E-state index contributed by atoms with van der Waals surface area (Å²) in [6.45, 7) is 3.56. The van der Waals surface area contributed by atoms with Crippen LogP contribution in [0.15, 0.2) is 30.5 Å². The van der Waals surface area contributed by atoms with Crippen molar-refractivity contribution in [2.75, 3.05) is 13.2 Å². The van der Waals surface area contributed by atoms with E-state index in [1.807, 2.05) is 0 Å². The summed E-state index contributed by atoms with van der Waals surface area (Å²) >= 11 is 12.1. The zero-order chi connectivity index (χ0) is 21.2. The Morgan fingerprint density at radius 3 is 2.59 bits per heavy atom. The van der Waals surface area contributed by atoms with Gasteiger partial charge in [0.2, 0.25) is 5.91 Å². The average molecular weight is 437 g/mol. The first kappa shape index (κ1) is 21.6. The lowest BCUT2D eigenvalue weighted by atomic mass is 9.92. The van der Waals surface area contributed by atoms with E-state index in [0.29, 0.717) is 34.5 Å². The number of amides is 1. The van der Waals surface area contributed by atoms with Crippen molar-refractivity contribution < 1.29 is 19.4 Å². The molecule has 154 valence electrons. The number of aliphatic hydroxyl groups is 1. The number of ketones is 1. The molecule has 1 atom stereocenters. The second kappa shape index (κ2) is 8.69. The summed E-state index contributed by atoms with van der Waals surface area (Å²) in [5, 5.41) is 13.5. The van der Waals surface area contributed by atoms with Crippen LogP contribution in [0.25, 0.3) is 11.1 Å². The highest BCUT2D eigenvalue weighted by molar-refractivity contribution is 6.35. The maximum absolute atomic E-state index is 12.3. The molecule has 0 radical (unpaired) electrons. The Bertz CT molecular complexity index is 921. The summed E-state index contributed by atoms with van der Waals surface area (Å²) < 4.78 is 5.55. The molecule has 29 heavy (non-hydrogen) atoms. The maximum atomic E-state index is 12.3. The van der Waals surface area contributed by atoms with E-state index in [0.717, 1.165) is 11.1 Å². The summed E-state index contributed by atoms with van der Waals surface area (Å²) in [6, 6.07) is 6.94. The Morgan fingerprint density at radius 2 is 1.93 bits per heavy atom. The molecule has 1 aromatic carbocycles. The van der Waals surface area contributed by atoms with Crippen molar-refractivity contribution in [3.8, 4) is 16.9 Å². The van der Waals surface area contributed by atoms with Crippen LogP contribution < -0.4 is 10.1 Å². The standard InChI is InChI=1S/C21H22Cl2N2O4/c1-21(2,28)3-4-24-19(27)9-16-17(26)11-29-18-7-13(10-25-20(16)18)12-5-14(22)8-15(23)6-12/h5-8,10,16,28H,3-4,9,11H2,1-2H3,(H,24,27). The van der Waals surface area contributed by atoms with E-state index in [2.05, 4.69) is 10.3 Å². The summed E-state index contributed by atoms with van der Waals surface area (Å²) in [5.74, 6) is -0.667. The van der Waals surface area contributed by atoms with Crippen LogP contribution in [0.3, 0.4) is 0 Å². The lowest BCUT2D eigenvalue weighted by Crippen LogP contribution is -2.34. The van der Waals surface area contributed by atoms with Crippen molar-refractivity contribution in [2.24, 2.45) is 0 Å². The predicted octanol–water partition coefficient (Wildman–Crippen LogP) is 3.77. The first-order valence-corrected chi connectivity index (χ1v) is 9.99. The van der Waals surface area contributed by atoms with Crippen LogP contribution in [0.2, 0.25) is 10.0 Å². The van der Waals surface area contributed by atoms with Gasteiger partial charge in [-0.25, -0.2) is 0 Å². The number of fused-ring (bicyclic) bond motifs is 1. The number of nitrogens with zero attached hydrogens (tertiary/aromatic N) is 1. The lowest BCUT2D eigenvalue weighted by molar-refractivity contribution is -0.128. The zero-order valence-electron chi connectivity index (χ0n) is 16.2. The first-order valence-electron chi connectivity index (χ1n) is 9.23. The molecule has 0 fully saturated rings. The Kier molecular flexibility index (Phi) is 6.46. The highest BCUT2D eigenvalue weighted by Crippen LogP contribution is 2.36. The molecule has 2 heterocycles. The van der Waals surface area contributed by atoms with Crippen LogP contribution in [-0.2, 0) is 9.59 Å². The molecule has 1 unspecified atom stereocenters. The van der Waals surface area contributed by atoms with Gasteiger partial charge in [0.1, 0.15) is 12.4 Å². The monoisotopic (exact) mass is 436 g/mol. The van der Waals surface area contributed by atoms with Gasteiger partial charge in [0, 0.05) is 34.8 Å². The van der Waals surface area contributed by atoms with Gasteiger partial charge in [-0.15, -0.1) is 0 Å². The number of hydrogen-bond donors (Lipinski definition) is 2. The summed E-state index contributed by atoms with van der Waals surface area (Å²) in [5.41, 5.74) is 1.10. The van der Waals surface area contributed by atoms with E-state index in [-0.39, 0.29) is 24.7 Å². The van der Waals surface area contributed by atoms with Crippen LogP contribution in [-0.4, -0.2) is 40.5 Å². The number of carbonyl (C=O) groups excluding carboxylic acids is 2. The third-order valence-corrected chi connectivity index (χ3v) is 5.05. The van der Waals surface area contributed by atoms with Gasteiger partial charge in [0.25, 0.3) is 0 Å². The van der Waals surface area contributed by atoms with Crippen LogP contribution >= 0.6 is 23.2 Å². The molecule has 3 rings (SSSR count). The number of carbonyl (C=O) groups is 2. The molecular weight excluding hydrogens is 415 g/mol. The van der Waals surface area contributed by atoms with E-state index < -0.39 is 11.5 Å². The molecule has 6 nitrogen and oxygen atoms in total. The molecule has 1 amide bonds. The average Bonchev–Trinajstić information content (AvgIpc) is 2.62. The third-order valence-electron chi connectivity index (χ3n) is 4.61. The minimum absolute atomic E-state index is 0.0175. The van der Waals surface area contributed by atoms with Gasteiger partial charge in [-0.1, -0.05) is 23.2 Å². The van der Waals surface area contributed by atoms with Crippen molar-refractivity contribution in [3.05, 3.63) is 46.2 Å².